The van der Waals surface area contributed by atoms with Gasteiger partial charge in [0.25, 0.3) is 0 Å². The lowest BCUT2D eigenvalue weighted by Gasteiger charge is -2.41. The lowest BCUT2D eigenvalue weighted by atomic mass is 9.88. The Morgan fingerprint density at radius 3 is 2.71 bits per heavy atom. The van der Waals surface area contributed by atoms with E-state index < -0.39 is 0 Å². The third-order valence-electron chi connectivity index (χ3n) is 5.13. The molecule has 1 unspecified atom stereocenters. The molecule has 0 aliphatic carbocycles. The Balaban J connectivity index is 1.95. The van der Waals surface area contributed by atoms with Crippen molar-refractivity contribution in [2.24, 2.45) is 5.73 Å². The number of aromatic nitrogens is 1. The molecule has 4 nitrogen and oxygen atoms in total. The van der Waals surface area contributed by atoms with Crippen molar-refractivity contribution in [3.05, 3.63) is 30.1 Å². The molecule has 1 fully saturated rings. The van der Waals surface area contributed by atoms with Crippen LogP contribution in [0.5, 0.6) is 0 Å². The average Bonchev–Trinajstić information content (AvgIpc) is 2.76. The van der Waals surface area contributed by atoms with E-state index in [0.29, 0.717) is 0 Å². The van der Waals surface area contributed by atoms with Gasteiger partial charge in [0.05, 0.1) is 0 Å². The van der Waals surface area contributed by atoms with Gasteiger partial charge in [-0.25, -0.2) is 0 Å². The van der Waals surface area contributed by atoms with Gasteiger partial charge in [-0.3, -0.25) is 9.88 Å². The van der Waals surface area contributed by atoms with E-state index in [1.807, 2.05) is 12.4 Å². The van der Waals surface area contributed by atoms with Crippen LogP contribution in [0, 0.1) is 0 Å². The SMILES string of the molecule is CCN1CCCC(CN)(N(C)CCc2ccncc2)CC1. The summed E-state index contributed by atoms with van der Waals surface area (Å²) < 4.78 is 0. The number of hydrogen-bond donors (Lipinski definition) is 1. The predicted octanol–water partition coefficient (Wildman–Crippen LogP) is 1.76. The molecular weight excluding hydrogens is 260 g/mol. The highest BCUT2D eigenvalue weighted by atomic mass is 15.2. The van der Waals surface area contributed by atoms with Crippen LogP contribution in [0.2, 0.25) is 0 Å². The standard InChI is InChI=1S/C17H30N4/c1-3-21-12-4-8-17(15-18,9-14-21)20(2)13-7-16-5-10-19-11-6-16/h5-6,10-11H,3-4,7-9,12-15,18H2,1-2H3. The van der Waals surface area contributed by atoms with Crippen molar-refractivity contribution in [2.45, 2.75) is 38.1 Å². The van der Waals surface area contributed by atoms with Gasteiger partial charge in [-0.1, -0.05) is 6.92 Å². The third kappa shape index (κ3) is 4.25. The van der Waals surface area contributed by atoms with Crippen molar-refractivity contribution >= 4 is 0 Å². The van der Waals surface area contributed by atoms with Crippen LogP contribution in [-0.4, -0.2) is 60.1 Å². The summed E-state index contributed by atoms with van der Waals surface area (Å²) in [7, 11) is 2.25. The highest BCUT2D eigenvalue weighted by molar-refractivity contribution is 5.10. The lowest BCUT2D eigenvalue weighted by molar-refractivity contribution is 0.108. The topological polar surface area (TPSA) is 45.4 Å². The molecule has 0 aromatic carbocycles. The molecule has 1 atom stereocenters. The number of likely N-dealkylation sites (tertiary alicyclic amines) is 1. The Bertz CT molecular complexity index is 409. The zero-order chi connectivity index (χ0) is 15.1. The second-order valence-corrected chi connectivity index (χ2v) is 6.24. The van der Waals surface area contributed by atoms with Crippen LogP contribution in [0.4, 0.5) is 0 Å². The van der Waals surface area contributed by atoms with E-state index in [1.165, 1.54) is 37.9 Å². The molecule has 2 rings (SSSR count). The van der Waals surface area contributed by atoms with Gasteiger partial charge in [0, 0.05) is 31.0 Å². The van der Waals surface area contributed by atoms with E-state index in [4.69, 9.17) is 5.73 Å². The first-order valence-corrected chi connectivity index (χ1v) is 8.23. The molecule has 2 heterocycles. The van der Waals surface area contributed by atoms with Crippen molar-refractivity contribution in [1.82, 2.24) is 14.8 Å². The largest absolute Gasteiger partial charge is 0.329 e. The number of nitrogens with zero attached hydrogens (tertiary/aromatic N) is 3. The average molecular weight is 290 g/mol. The number of likely N-dealkylation sites (N-methyl/N-ethyl adjacent to an activating group) is 1. The molecule has 1 saturated heterocycles. The number of nitrogens with two attached hydrogens (primary N) is 1. The zero-order valence-corrected chi connectivity index (χ0v) is 13.6. The maximum absolute atomic E-state index is 6.19. The minimum absolute atomic E-state index is 0.178. The summed E-state index contributed by atoms with van der Waals surface area (Å²) in [4.78, 5) is 9.14. The minimum atomic E-state index is 0.178. The molecule has 0 saturated carbocycles. The fourth-order valence-electron chi connectivity index (χ4n) is 3.38. The van der Waals surface area contributed by atoms with Crippen LogP contribution in [0.15, 0.2) is 24.5 Å². The summed E-state index contributed by atoms with van der Waals surface area (Å²) in [5.41, 5.74) is 7.73. The van der Waals surface area contributed by atoms with Crippen molar-refractivity contribution in [2.75, 3.05) is 39.8 Å². The molecule has 1 aliphatic rings. The number of pyridine rings is 1. The monoisotopic (exact) mass is 290 g/mol. The number of hydrogen-bond acceptors (Lipinski definition) is 4. The van der Waals surface area contributed by atoms with Gasteiger partial charge in [0.2, 0.25) is 0 Å². The Morgan fingerprint density at radius 1 is 1.29 bits per heavy atom. The van der Waals surface area contributed by atoms with E-state index in [9.17, 15) is 0 Å². The van der Waals surface area contributed by atoms with Gasteiger partial charge < -0.3 is 10.6 Å². The van der Waals surface area contributed by atoms with E-state index in [1.54, 1.807) is 0 Å². The minimum Gasteiger partial charge on any atom is -0.329 e. The van der Waals surface area contributed by atoms with Crippen LogP contribution in [-0.2, 0) is 6.42 Å². The van der Waals surface area contributed by atoms with Crippen LogP contribution in [0.1, 0.15) is 31.7 Å². The molecule has 21 heavy (non-hydrogen) atoms. The zero-order valence-electron chi connectivity index (χ0n) is 13.6. The highest BCUT2D eigenvalue weighted by Crippen LogP contribution is 2.27. The Labute approximate surface area is 129 Å². The molecule has 1 aliphatic heterocycles. The highest BCUT2D eigenvalue weighted by Gasteiger charge is 2.34. The van der Waals surface area contributed by atoms with Gasteiger partial charge in [0.1, 0.15) is 0 Å². The quantitative estimate of drug-likeness (QED) is 0.867. The van der Waals surface area contributed by atoms with Crippen LogP contribution in [0.25, 0.3) is 0 Å². The van der Waals surface area contributed by atoms with Gasteiger partial charge in [-0.15, -0.1) is 0 Å². The maximum Gasteiger partial charge on any atom is 0.0341 e. The second-order valence-electron chi connectivity index (χ2n) is 6.24. The summed E-state index contributed by atoms with van der Waals surface area (Å²) in [6, 6.07) is 4.21. The molecule has 2 N–H and O–H groups in total. The van der Waals surface area contributed by atoms with Gasteiger partial charge in [-0.2, -0.15) is 0 Å². The molecule has 1 aromatic heterocycles. The fourth-order valence-corrected chi connectivity index (χ4v) is 3.38. The Kier molecular flexibility index (Phi) is 6.15. The molecule has 1 aromatic rings. The normalized spacial score (nSPS) is 24.2. The van der Waals surface area contributed by atoms with Crippen molar-refractivity contribution < 1.29 is 0 Å². The van der Waals surface area contributed by atoms with Gasteiger partial charge in [0.15, 0.2) is 0 Å². The molecule has 0 amide bonds. The smallest absolute Gasteiger partial charge is 0.0341 e. The van der Waals surface area contributed by atoms with Crippen molar-refractivity contribution in [3.8, 4) is 0 Å². The van der Waals surface area contributed by atoms with Crippen LogP contribution in [0.3, 0.4) is 0 Å². The van der Waals surface area contributed by atoms with Crippen LogP contribution < -0.4 is 5.73 Å². The van der Waals surface area contributed by atoms with E-state index in [0.717, 1.165) is 26.1 Å². The molecular formula is C17H30N4. The first-order chi connectivity index (χ1) is 10.2. The molecule has 4 heteroatoms. The predicted molar refractivity (Wildman–Crippen MR) is 88.3 cm³/mol. The third-order valence-corrected chi connectivity index (χ3v) is 5.13. The fraction of sp³-hybridized carbons (Fsp3) is 0.706. The molecule has 0 bridgehead atoms. The second kappa shape index (κ2) is 7.87. The maximum atomic E-state index is 6.19. The summed E-state index contributed by atoms with van der Waals surface area (Å²) in [5.74, 6) is 0. The van der Waals surface area contributed by atoms with Gasteiger partial charge >= 0.3 is 0 Å². The summed E-state index contributed by atoms with van der Waals surface area (Å²) in [6.07, 6.45) is 8.47. The lowest BCUT2D eigenvalue weighted by Crippen LogP contribution is -2.53. The molecule has 0 spiro atoms. The number of rotatable bonds is 6. The van der Waals surface area contributed by atoms with Crippen molar-refractivity contribution in [3.63, 3.8) is 0 Å². The Hall–Kier alpha value is -0.970. The summed E-state index contributed by atoms with van der Waals surface area (Å²) in [6.45, 7) is 7.62. The van der Waals surface area contributed by atoms with E-state index >= 15 is 0 Å². The van der Waals surface area contributed by atoms with Crippen molar-refractivity contribution in [1.29, 1.82) is 0 Å². The molecule has 118 valence electrons. The van der Waals surface area contributed by atoms with Gasteiger partial charge in [-0.05, 0) is 70.1 Å². The molecule has 0 radical (unpaired) electrons. The summed E-state index contributed by atoms with van der Waals surface area (Å²) >= 11 is 0. The Morgan fingerprint density at radius 2 is 2.05 bits per heavy atom. The first-order valence-electron chi connectivity index (χ1n) is 8.23. The van der Waals surface area contributed by atoms with Crippen LogP contribution >= 0.6 is 0 Å². The first kappa shape index (κ1) is 16.4. The van der Waals surface area contributed by atoms with E-state index in [-0.39, 0.29) is 5.54 Å². The summed E-state index contributed by atoms with van der Waals surface area (Å²) in [5, 5.41) is 0. The van der Waals surface area contributed by atoms with E-state index in [2.05, 4.69) is 40.9 Å².